The first-order chi connectivity index (χ1) is 43.9. The molecule has 92 heavy (non-hydrogen) atoms. The van der Waals surface area contributed by atoms with Crippen LogP contribution in [0.5, 0.6) is 28.7 Å². The van der Waals surface area contributed by atoms with Gasteiger partial charge in [-0.15, -0.1) is 28.3 Å². The summed E-state index contributed by atoms with van der Waals surface area (Å²) in [5, 5.41) is 120. The smallest absolute Gasteiger partial charge is 0.330 e. The van der Waals surface area contributed by atoms with E-state index in [0.717, 1.165) is 44.5 Å². The van der Waals surface area contributed by atoms with Gasteiger partial charge in [-0.2, -0.15) is 4.21 Å². The van der Waals surface area contributed by atoms with E-state index >= 15 is 0 Å². The minimum Gasteiger partial charge on any atom is -0.508 e. The van der Waals surface area contributed by atoms with Gasteiger partial charge in [-0.05, 0) is 137 Å². The molecule has 8 aromatic rings. The van der Waals surface area contributed by atoms with Gasteiger partial charge in [0.2, 0.25) is 0 Å². The van der Waals surface area contributed by atoms with Gasteiger partial charge in [0.15, 0.2) is 0 Å². The van der Waals surface area contributed by atoms with Crippen molar-refractivity contribution in [3.63, 3.8) is 0 Å². The van der Waals surface area contributed by atoms with Crippen LogP contribution in [0.1, 0.15) is 170 Å². The van der Waals surface area contributed by atoms with E-state index in [0.29, 0.717) is 97.0 Å². The van der Waals surface area contributed by atoms with Crippen LogP contribution in [-0.2, 0) is 68.6 Å². The molecule has 502 valence electrons. The third-order valence-electron chi connectivity index (χ3n) is 13.9. The molecule has 0 saturated heterocycles. The number of benzene rings is 8. The van der Waals surface area contributed by atoms with Crippen molar-refractivity contribution in [1.82, 2.24) is 0 Å². The van der Waals surface area contributed by atoms with E-state index in [1.54, 1.807) is 42.5 Å². The number of aliphatic hydroxyl groups is 10. The summed E-state index contributed by atoms with van der Waals surface area (Å²) in [7, 11) is 0. The van der Waals surface area contributed by atoms with E-state index in [9.17, 15) is 51.1 Å². The minimum absolute atomic E-state index is 0. The summed E-state index contributed by atoms with van der Waals surface area (Å²) in [6.07, 6.45) is 0.650. The molecule has 0 aliphatic rings. The summed E-state index contributed by atoms with van der Waals surface area (Å²) in [4.78, 5) is 0. The van der Waals surface area contributed by atoms with Crippen LogP contribution in [0, 0.1) is 0 Å². The molecule has 0 aliphatic carbocycles. The van der Waals surface area contributed by atoms with Gasteiger partial charge in [-0.1, -0.05) is 156 Å². The molecular weight excluding hydrogens is 1320 g/mol. The molecule has 0 aromatic heterocycles. The largest absolute Gasteiger partial charge is 0.508 e. The molecule has 19 nitrogen and oxygen atoms in total. The van der Waals surface area contributed by atoms with Crippen molar-refractivity contribution in [2.45, 2.75) is 150 Å². The fourth-order valence-corrected chi connectivity index (χ4v) is 8.48. The van der Waals surface area contributed by atoms with Crippen LogP contribution in [-0.4, -0.2) is 75.3 Å². The number of aliphatic hydroxyl groups excluding tert-OH is 10. The Morgan fingerprint density at radius 1 is 0.348 bits per heavy atom. The second-order valence-electron chi connectivity index (χ2n) is 20.4. The molecule has 8 rings (SSSR count). The quantitative estimate of drug-likeness (QED) is 0.0109. The van der Waals surface area contributed by atoms with Crippen molar-refractivity contribution in [2.75, 3.05) is 0 Å². The highest BCUT2D eigenvalue weighted by molar-refractivity contribution is 14.0. The van der Waals surface area contributed by atoms with Crippen molar-refractivity contribution >= 4 is 35.3 Å². The first-order valence-electron chi connectivity index (χ1n) is 29.8. The van der Waals surface area contributed by atoms with Gasteiger partial charge >= 0.3 is 11.4 Å². The number of halogens is 1. The highest BCUT2D eigenvalue weighted by atomic mass is 127. The molecule has 0 radical (unpaired) electrons. The molecule has 14 N–H and O–H groups in total. The fourth-order valence-electron chi connectivity index (χ4n) is 8.48. The third kappa shape index (κ3) is 29.0. The zero-order valence-corrected chi connectivity index (χ0v) is 55.7. The van der Waals surface area contributed by atoms with Crippen molar-refractivity contribution < 1.29 is 93.8 Å². The molecule has 0 fully saturated rings. The number of hydrogen-bond donors (Lipinski definition) is 14. The Hall–Kier alpha value is -6.88. The normalized spacial score (nSPS) is 12.4. The van der Waals surface area contributed by atoms with Crippen molar-refractivity contribution in [3.8, 4) is 28.7 Å². The van der Waals surface area contributed by atoms with Crippen LogP contribution < -0.4 is 14.2 Å². The van der Waals surface area contributed by atoms with E-state index in [4.69, 9.17) is 38.4 Å². The predicted molar refractivity (Wildman–Crippen MR) is 364 cm³/mol. The van der Waals surface area contributed by atoms with E-state index in [1.165, 1.54) is 12.1 Å². The number of rotatable bonds is 25. The average Bonchev–Trinajstić information content (AvgIpc) is 1.70. The fraction of sp³-hybridized carbons (Fsp3) is 0.324. The maximum atomic E-state index is 9.83. The Balaban J connectivity index is 0.000000388. The zero-order valence-electron chi connectivity index (χ0n) is 52.5. The van der Waals surface area contributed by atoms with Gasteiger partial charge in [-0.3, -0.25) is 4.55 Å². The van der Waals surface area contributed by atoms with Crippen LogP contribution in [0.25, 0.3) is 0 Å². The first kappa shape index (κ1) is 81.2. The second kappa shape index (κ2) is 46.2. The maximum absolute atomic E-state index is 9.83. The lowest BCUT2D eigenvalue weighted by Crippen LogP contribution is -2.01. The number of phenols is 2. The summed E-state index contributed by atoms with van der Waals surface area (Å²) >= 11 is -2.52. The molecule has 0 spiro atoms. The molecule has 0 amide bonds. The molecule has 0 aliphatic heterocycles. The van der Waals surface area contributed by atoms with Crippen LogP contribution in [0.15, 0.2) is 182 Å². The molecule has 8 aromatic carbocycles. The topological polar surface area (TPSA) is 337 Å². The van der Waals surface area contributed by atoms with E-state index in [1.807, 2.05) is 162 Å². The first-order valence-corrected chi connectivity index (χ1v) is 30.8. The van der Waals surface area contributed by atoms with Gasteiger partial charge in [0.05, 0.1) is 63.6 Å². The molecular formula is C71H91IO19S. The molecule has 0 heterocycles. The van der Waals surface area contributed by atoms with Crippen LogP contribution in [0.3, 0.4) is 0 Å². The average molecular weight is 1410 g/mol. The summed E-state index contributed by atoms with van der Waals surface area (Å²) in [5.41, 5.74) is 10.1. The van der Waals surface area contributed by atoms with Crippen LogP contribution >= 0.6 is 24.0 Å². The summed E-state index contributed by atoms with van der Waals surface area (Å²) in [6, 6.07) is 55.5. The zero-order chi connectivity index (χ0) is 67.1. The Kier molecular flexibility index (Phi) is 40.8. The van der Waals surface area contributed by atoms with E-state index in [-0.39, 0.29) is 68.5 Å². The van der Waals surface area contributed by atoms with Crippen molar-refractivity contribution in [1.29, 1.82) is 0 Å². The Bertz CT molecular complexity index is 2990. The van der Waals surface area contributed by atoms with E-state index < -0.39 is 41.9 Å². The van der Waals surface area contributed by atoms with Crippen molar-refractivity contribution in [2.24, 2.45) is 0 Å². The molecule has 2 unspecified atom stereocenters. The third-order valence-corrected chi connectivity index (χ3v) is 14.1. The number of ether oxygens (including phenoxy) is 3. The second-order valence-corrected chi connectivity index (χ2v) is 21.0. The van der Waals surface area contributed by atoms with Crippen LogP contribution in [0.2, 0.25) is 0 Å². The molecule has 6 atom stereocenters. The van der Waals surface area contributed by atoms with E-state index in [2.05, 4.69) is 4.33 Å². The summed E-state index contributed by atoms with van der Waals surface area (Å²) in [6.45, 7) is 10.2. The molecule has 21 heteroatoms. The maximum Gasteiger partial charge on any atom is 0.330 e. The lowest BCUT2D eigenvalue weighted by atomic mass is 10.0. The highest BCUT2D eigenvalue weighted by Gasteiger charge is 2.14. The monoisotopic (exact) mass is 1410 g/mol. The van der Waals surface area contributed by atoms with Gasteiger partial charge in [0.25, 0.3) is 0 Å². The SMILES string of the molecule is CCC(O)c1ccc(OCc2ccccc2)c(CO)c1.CC[C@H](O)c1ccc(O)c(CO)c1.CC[C@H](O)c1ccc(O)c(CO)c1.CC[C@H](O)c1ccc(OCc2ccccc2)c(CO)c1.CC[C@H](O)c1ccc(OCc2ccccc2)c(CO)c1.I.O=S(O)OO. The number of aromatic hydroxyl groups is 2. The van der Waals surface area contributed by atoms with Gasteiger partial charge in [0, 0.05) is 27.8 Å². The Labute approximate surface area is 559 Å². The standard InChI is InChI=1S/3C17H20O3.2C10H14O3.HI.H2O4S/c3*1-2-16(19)14-8-9-17(15(10-14)11-18)20-12-13-6-4-3-5-7-13;2*1-2-9(12)7-3-4-10(13)8(5-7)6-11;;1-4-5(2)3/h3*3-10,16,18-19H,2,11-12H2,1H3;2*3-5,9,11-13H,2,6H2,1H3;1H;1H,(H,2,3)/t2*16-;;2*9-;;/m00.00../s1. The highest BCUT2D eigenvalue weighted by Crippen LogP contribution is 2.30. The molecule has 0 saturated carbocycles. The van der Waals surface area contributed by atoms with Crippen LogP contribution in [0.4, 0.5) is 0 Å². The molecule has 0 bridgehead atoms. The van der Waals surface area contributed by atoms with Gasteiger partial charge < -0.3 is 75.5 Å². The number of hydrogen-bond acceptors (Lipinski definition) is 18. The van der Waals surface area contributed by atoms with Crippen molar-refractivity contribution in [3.05, 3.63) is 254 Å². The lowest BCUT2D eigenvalue weighted by Gasteiger charge is -2.14. The minimum atomic E-state index is -2.52. The summed E-state index contributed by atoms with van der Waals surface area (Å²) < 4.78 is 36.4. The lowest BCUT2D eigenvalue weighted by molar-refractivity contribution is -0.131. The Morgan fingerprint density at radius 3 is 0.750 bits per heavy atom. The van der Waals surface area contributed by atoms with Gasteiger partial charge in [-0.25, -0.2) is 5.26 Å². The summed E-state index contributed by atoms with van der Waals surface area (Å²) in [5.74, 6) is 2.10. The van der Waals surface area contributed by atoms with Gasteiger partial charge in [0.1, 0.15) is 48.6 Å². The predicted octanol–water partition coefficient (Wildman–Crippen LogP) is 12.5. The Morgan fingerprint density at radius 2 is 0.554 bits per heavy atom.